The topological polar surface area (TPSA) is 157 Å². The first kappa shape index (κ1) is 33.4. The second-order valence-corrected chi connectivity index (χ2v) is 10.5. The van der Waals surface area contributed by atoms with Gasteiger partial charge in [0.05, 0.1) is 19.4 Å². The van der Waals surface area contributed by atoms with Crippen LogP contribution in [0.3, 0.4) is 0 Å². The summed E-state index contributed by atoms with van der Waals surface area (Å²) in [5.74, 6) is -2.45. The summed E-state index contributed by atoms with van der Waals surface area (Å²) in [5.41, 5.74) is 6.79. The highest BCUT2D eigenvalue weighted by molar-refractivity contribution is 5.95. The summed E-state index contributed by atoms with van der Waals surface area (Å²) in [6, 6.07) is 2.59. The van der Waals surface area contributed by atoms with Gasteiger partial charge in [-0.05, 0) is 66.0 Å². The van der Waals surface area contributed by atoms with Crippen molar-refractivity contribution in [2.24, 2.45) is 5.73 Å². The molecule has 4 amide bonds. The van der Waals surface area contributed by atoms with Crippen molar-refractivity contribution in [3.05, 3.63) is 34.9 Å². The molecule has 11 nitrogen and oxygen atoms in total. The number of carbonyl (C=O) groups is 5. The molecular formula is C28H44N4O7. The fourth-order valence-electron chi connectivity index (χ4n) is 3.92. The van der Waals surface area contributed by atoms with E-state index in [0.29, 0.717) is 12.0 Å². The minimum atomic E-state index is -1.37. The molecular weight excluding hydrogens is 504 g/mol. The van der Waals surface area contributed by atoms with E-state index in [-0.39, 0.29) is 19.6 Å². The van der Waals surface area contributed by atoms with Crippen LogP contribution in [0.2, 0.25) is 0 Å². The van der Waals surface area contributed by atoms with Crippen molar-refractivity contribution >= 4 is 29.8 Å². The van der Waals surface area contributed by atoms with E-state index >= 15 is 0 Å². The summed E-state index contributed by atoms with van der Waals surface area (Å²) in [5, 5.41) is 5.21. The molecule has 0 fully saturated rings. The van der Waals surface area contributed by atoms with Crippen LogP contribution in [-0.4, -0.2) is 65.5 Å². The Kier molecular flexibility index (Phi) is 12.9. The number of ether oxygens (including phenoxy) is 2. The van der Waals surface area contributed by atoms with E-state index in [0.717, 1.165) is 11.1 Å². The molecule has 39 heavy (non-hydrogen) atoms. The molecule has 3 unspecified atom stereocenters. The highest BCUT2D eigenvalue weighted by atomic mass is 16.6. The number of primary amides is 1. The third-order valence-electron chi connectivity index (χ3n) is 5.90. The van der Waals surface area contributed by atoms with Crippen molar-refractivity contribution in [3.63, 3.8) is 0 Å². The molecule has 4 N–H and O–H groups in total. The predicted octanol–water partition coefficient (Wildman–Crippen LogP) is 2.81. The van der Waals surface area contributed by atoms with E-state index in [1.165, 1.54) is 4.90 Å². The number of hydrogen-bond acceptors (Lipinski definition) is 7. The zero-order valence-corrected chi connectivity index (χ0v) is 24.4. The van der Waals surface area contributed by atoms with Gasteiger partial charge in [-0.3, -0.25) is 19.2 Å². The summed E-state index contributed by atoms with van der Waals surface area (Å²) in [7, 11) is 0. The van der Waals surface area contributed by atoms with Gasteiger partial charge in [0.2, 0.25) is 17.7 Å². The van der Waals surface area contributed by atoms with E-state index < -0.39 is 59.9 Å². The van der Waals surface area contributed by atoms with Gasteiger partial charge in [0.25, 0.3) is 0 Å². The second-order valence-electron chi connectivity index (χ2n) is 10.5. The van der Waals surface area contributed by atoms with Crippen LogP contribution in [-0.2, 0) is 28.7 Å². The number of benzene rings is 1. The van der Waals surface area contributed by atoms with E-state index in [1.807, 2.05) is 39.0 Å². The van der Waals surface area contributed by atoms with Crippen LogP contribution in [0.25, 0.3) is 0 Å². The van der Waals surface area contributed by atoms with Gasteiger partial charge in [-0.2, -0.15) is 0 Å². The normalized spacial score (nSPS) is 13.4. The molecule has 0 spiro atoms. The molecule has 0 saturated carbocycles. The van der Waals surface area contributed by atoms with Gasteiger partial charge in [-0.25, -0.2) is 4.79 Å². The van der Waals surface area contributed by atoms with Gasteiger partial charge < -0.3 is 30.7 Å². The van der Waals surface area contributed by atoms with Gasteiger partial charge in [0, 0.05) is 12.6 Å². The Morgan fingerprint density at radius 1 is 1.08 bits per heavy atom. The van der Waals surface area contributed by atoms with Crippen molar-refractivity contribution in [1.29, 1.82) is 0 Å². The Labute approximate surface area is 231 Å². The summed E-state index contributed by atoms with van der Waals surface area (Å²) < 4.78 is 10.2. The minimum absolute atomic E-state index is 0.00242. The first-order valence-corrected chi connectivity index (χ1v) is 13.2. The SMILES string of the molecule is CCOC(=O)CCNC(=O)C(c1cc(C)ccc1C)N(C(=O)C(CC(N)=O)NC(=O)OC(C)(C)C)C(C)CC. The van der Waals surface area contributed by atoms with Crippen molar-refractivity contribution in [3.8, 4) is 0 Å². The van der Waals surface area contributed by atoms with Crippen LogP contribution in [0.4, 0.5) is 4.79 Å². The number of aryl methyl sites for hydroxylation is 2. The van der Waals surface area contributed by atoms with Crippen LogP contribution in [0.15, 0.2) is 18.2 Å². The summed E-state index contributed by atoms with van der Waals surface area (Å²) in [6.07, 6.45) is -0.956. The lowest BCUT2D eigenvalue weighted by Gasteiger charge is -2.38. The lowest BCUT2D eigenvalue weighted by Crippen LogP contribution is -2.56. The van der Waals surface area contributed by atoms with Crippen molar-refractivity contribution in [2.45, 2.75) is 98.4 Å². The average molecular weight is 549 g/mol. The fraction of sp³-hybridized carbons (Fsp3) is 0.607. The number of alkyl carbamates (subject to hydrolysis) is 1. The standard InChI is InChI=1S/C28H44N4O7/c1-9-19(5)32(26(36)21(16-22(29)33)31-27(37)39-28(6,7)8)24(20-15-17(3)11-12-18(20)4)25(35)30-14-13-23(34)38-10-2/h11-12,15,19,21,24H,9-10,13-14,16H2,1-8H3,(H2,29,33)(H,30,35)(H,31,37). The number of amides is 4. The van der Waals surface area contributed by atoms with E-state index in [1.54, 1.807) is 34.6 Å². The zero-order chi connectivity index (χ0) is 29.9. The molecule has 0 heterocycles. The third-order valence-corrected chi connectivity index (χ3v) is 5.90. The summed E-state index contributed by atoms with van der Waals surface area (Å²) >= 11 is 0. The minimum Gasteiger partial charge on any atom is -0.466 e. The van der Waals surface area contributed by atoms with Crippen molar-refractivity contribution in [1.82, 2.24) is 15.5 Å². The van der Waals surface area contributed by atoms with Crippen LogP contribution in [0, 0.1) is 13.8 Å². The molecule has 1 rings (SSSR count). The molecule has 3 atom stereocenters. The maximum Gasteiger partial charge on any atom is 0.408 e. The summed E-state index contributed by atoms with van der Waals surface area (Å²) in [4.78, 5) is 65.4. The number of carbonyl (C=O) groups excluding carboxylic acids is 5. The second kappa shape index (κ2) is 15.1. The lowest BCUT2D eigenvalue weighted by molar-refractivity contribution is -0.146. The van der Waals surface area contributed by atoms with E-state index in [9.17, 15) is 24.0 Å². The molecule has 11 heteroatoms. The molecule has 0 aliphatic carbocycles. The molecule has 1 aromatic rings. The van der Waals surface area contributed by atoms with Crippen molar-refractivity contribution in [2.75, 3.05) is 13.2 Å². The molecule has 1 aromatic carbocycles. The first-order chi connectivity index (χ1) is 18.1. The molecule has 218 valence electrons. The Bertz CT molecular complexity index is 1040. The van der Waals surface area contributed by atoms with Crippen molar-refractivity contribution < 1.29 is 33.4 Å². The van der Waals surface area contributed by atoms with Gasteiger partial charge in [-0.1, -0.05) is 30.7 Å². The smallest absolute Gasteiger partial charge is 0.408 e. The van der Waals surface area contributed by atoms with Gasteiger partial charge in [-0.15, -0.1) is 0 Å². The molecule has 0 aliphatic heterocycles. The molecule has 0 radical (unpaired) electrons. The molecule has 0 bridgehead atoms. The molecule has 0 aliphatic rings. The maximum atomic E-state index is 14.1. The van der Waals surface area contributed by atoms with Crippen LogP contribution in [0.1, 0.15) is 83.5 Å². The number of nitrogens with two attached hydrogens (primary N) is 1. The van der Waals surface area contributed by atoms with Crippen LogP contribution >= 0.6 is 0 Å². The largest absolute Gasteiger partial charge is 0.466 e. The number of nitrogens with zero attached hydrogens (tertiary/aromatic N) is 1. The monoisotopic (exact) mass is 548 g/mol. The fourth-order valence-corrected chi connectivity index (χ4v) is 3.92. The van der Waals surface area contributed by atoms with Gasteiger partial charge >= 0.3 is 12.1 Å². The highest BCUT2D eigenvalue weighted by Gasteiger charge is 2.39. The zero-order valence-electron chi connectivity index (χ0n) is 24.4. The van der Waals surface area contributed by atoms with E-state index in [2.05, 4.69) is 10.6 Å². The molecule has 0 aromatic heterocycles. The average Bonchev–Trinajstić information content (AvgIpc) is 2.81. The predicted molar refractivity (Wildman–Crippen MR) is 146 cm³/mol. The third kappa shape index (κ3) is 10.9. The molecule has 0 saturated heterocycles. The summed E-state index contributed by atoms with van der Waals surface area (Å²) in [6.45, 7) is 14.2. The number of nitrogens with one attached hydrogen (secondary N) is 2. The number of hydrogen-bond donors (Lipinski definition) is 3. The maximum absolute atomic E-state index is 14.1. The quantitative estimate of drug-likeness (QED) is 0.320. The number of esters is 1. The Hall–Kier alpha value is -3.63. The lowest BCUT2D eigenvalue weighted by atomic mass is 9.94. The number of rotatable bonds is 13. The van der Waals surface area contributed by atoms with Crippen LogP contribution < -0.4 is 16.4 Å². The van der Waals surface area contributed by atoms with Gasteiger partial charge in [0.15, 0.2) is 0 Å². The van der Waals surface area contributed by atoms with Gasteiger partial charge in [0.1, 0.15) is 17.7 Å². The Morgan fingerprint density at radius 2 is 1.72 bits per heavy atom. The first-order valence-electron chi connectivity index (χ1n) is 13.2. The Morgan fingerprint density at radius 3 is 2.26 bits per heavy atom. The van der Waals surface area contributed by atoms with Crippen LogP contribution in [0.5, 0.6) is 0 Å². The highest BCUT2D eigenvalue weighted by Crippen LogP contribution is 2.29. The Balaban J connectivity index is 3.55. The van der Waals surface area contributed by atoms with E-state index in [4.69, 9.17) is 15.2 Å².